The summed E-state index contributed by atoms with van der Waals surface area (Å²) in [6.45, 7) is 0. The molecule has 0 saturated carbocycles. The van der Waals surface area contributed by atoms with Crippen molar-refractivity contribution < 1.29 is 0 Å². The Morgan fingerprint density at radius 2 is 2.19 bits per heavy atom. The monoisotopic (exact) mass is 271 g/mol. The predicted octanol–water partition coefficient (Wildman–Crippen LogP) is 4.49. The molecule has 0 aliphatic carbocycles. The third-order valence-corrected chi connectivity index (χ3v) is 4.78. The topological polar surface area (TPSA) is 26.0 Å². The molecule has 2 N–H and O–H groups in total. The Morgan fingerprint density at radius 1 is 1.31 bits per heavy atom. The number of thiophene rings is 2. The number of hydrogen-bond acceptors (Lipinski definition) is 3. The van der Waals surface area contributed by atoms with Gasteiger partial charge in [0.25, 0.3) is 0 Å². The van der Waals surface area contributed by atoms with E-state index in [1.165, 1.54) is 9.75 Å². The van der Waals surface area contributed by atoms with E-state index in [1.807, 2.05) is 23.5 Å². The van der Waals surface area contributed by atoms with Crippen LogP contribution >= 0.6 is 34.3 Å². The number of rotatable bonds is 5. The highest BCUT2D eigenvalue weighted by atomic mass is 35.5. The lowest BCUT2D eigenvalue weighted by Gasteiger charge is -2.08. The summed E-state index contributed by atoms with van der Waals surface area (Å²) < 4.78 is 0.823. The van der Waals surface area contributed by atoms with E-state index in [-0.39, 0.29) is 6.04 Å². The van der Waals surface area contributed by atoms with Crippen molar-refractivity contribution in [2.75, 3.05) is 0 Å². The van der Waals surface area contributed by atoms with E-state index in [0.717, 1.165) is 23.6 Å². The number of aryl methyl sites for hydroxylation is 1. The van der Waals surface area contributed by atoms with Gasteiger partial charge in [-0.25, -0.2) is 0 Å². The molecule has 0 aromatic carbocycles. The van der Waals surface area contributed by atoms with Gasteiger partial charge in [-0.05, 0) is 42.8 Å². The maximum atomic E-state index is 6.10. The first kappa shape index (κ1) is 12.1. The maximum absolute atomic E-state index is 6.10. The van der Waals surface area contributed by atoms with Gasteiger partial charge in [-0.3, -0.25) is 0 Å². The van der Waals surface area contributed by atoms with E-state index in [4.69, 9.17) is 17.3 Å². The number of nitrogens with two attached hydrogens (primary N) is 1. The van der Waals surface area contributed by atoms with Gasteiger partial charge in [0, 0.05) is 15.8 Å². The molecule has 4 heteroatoms. The first-order valence-electron chi connectivity index (χ1n) is 5.29. The molecule has 0 fully saturated rings. The van der Waals surface area contributed by atoms with Crippen LogP contribution in [0.5, 0.6) is 0 Å². The molecule has 2 aromatic rings. The van der Waals surface area contributed by atoms with E-state index < -0.39 is 0 Å². The van der Waals surface area contributed by atoms with Crippen molar-refractivity contribution in [1.82, 2.24) is 0 Å². The van der Waals surface area contributed by atoms with Crippen LogP contribution in [-0.4, -0.2) is 0 Å². The summed E-state index contributed by atoms with van der Waals surface area (Å²) >= 11 is 9.29. The highest BCUT2D eigenvalue weighted by Gasteiger charge is 2.08. The van der Waals surface area contributed by atoms with Crippen LogP contribution < -0.4 is 5.73 Å². The SMILES string of the molecule is NC(CCCc1cccs1)c1ccc(Cl)s1. The molecule has 0 amide bonds. The van der Waals surface area contributed by atoms with Crippen LogP contribution in [0.1, 0.15) is 28.6 Å². The van der Waals surface area contributed by atoms with Crippen LogP contribution in [0.4, 0.5) is 0 Å². The van der Waals surface area contributed by atoms with Crippen molar-refractivity contribution in [3.8, 4) is 0 Å². The molecule has 0 aliphatic heterocycles. The van der Waals surface area contributed by atoms with Crippen molar-refractivity contribution in [1.29, 1.82) is 0 Å². The zero-order chi connectivity index (χ0) is 11.4. The molecule has 86 valence electrons. The van der Waals surface area contributed by atoms with Crippen LogP contribution in [0.25, 0.3) is 0 Å². The molecular weight excluding hydrogens is 258 g/mol. The minimum absolute atomic E-state index is 0.137. The van der Waals surface area contributed by atoms with E-state index in [0.29, 0.717) is 0 Å². The maximum Gasteiger partial charge on any atom is 0.0931 e. The molecule has 2 rings (SSSR count). The molecule has 0 bridgehead atoms. The summed E-state index contributed by atoms with van der Waals surface area (Å²) in [7, 11) is 0. The lowest BCUT2D eigenvalue weighted by atomic mass is 10.1. The summed E-state index contributed by atoms with van der Waals surface area (Å²) in [5.41, 5.74) is 6.10. The van der Waals surface area contributed by atoms with Gasteiger partial charge in [-0.15, -0.1) is 22.7 Å². The first-order chi connectivity index (χ1) is 7.75. The average Bonchev–Trinajstić information content (AvgIpc) is 2.89. The van der Waals surface area contributed by atoms with Crippen LogP contribution in [0.3, 0.4) is 0 Å². The minimum atomic E-state index is 0.137. The van der Waals surface area contributed by atoms with Gasteiger partial charge in [0.2, 0.25) is 0 Å². The van der Waals surface area contributed by atoms with Gasteiger partial charge >= 0.3 is 0 Å². The molecule has 16 heavy (non-hydrogen) atoms. The smallest absolute Gasteiger partial charge is 0.0931 e. The quantitative estimate of drug-likeness (QED) is 0.852. The van der Waals surface area contributed by atoms with Gasteiger partial charge in [-0.2, -0.15) is 0 Å². The largest absolute Gasteiger partial charge is 0.323 e. The van der Waals surface area contributed by atoms with Crippen LogP contribution in [0.15, 0.2) is 29.6 Å². The van der Waals surface area contributed by atoms with Gasteiger partial charge in [-0.1, -0.05) is 17.7 Å². The Labute approximate surface area is 109 Å². The second-order valence-electron chi connectivity index (χ2n) is 3.72. The second-order valence-corrected chi connectivity index (χ2v) is 6.50. The average molecular weight is 272 g/mol. The van der Waals surface area contributed by atoms with Crippen molar-refractivity contribution >= 4 is 34.3 Å². The standard InChI is InChI=1S/C12H14ClNS2/c13-12-7-6-11(16-12)10(14)5-1-3-9-4-2-8-15-9/h2,4,6-8,10H,1,3,5,14H2. The second kappa shape index (κ2) is 5.82. The first-order valence-corrected chi connectivity index (χ1v) is 7.36. The third kappa shape index (κ3) is 3.32. The highest BCUT2D eigenvalue weighted by molar-refractivity contribution is 7.16. The molecule has 0 aliphatic rings. The van der Waals surface area contributed by atoms with E-state index >= 15 is 0 Å². The van der Waals surface area contributed by atoms with Gasteiger partial charge in [0.05, 0.1) is 4.34 Å². The molecule has 1 nitrogen and oxygen atoms in total. The Balaban J connectivity index is 1.78. The molecule has 2 heterocycles. The summed E-state index contributed by atoms with van der Waals surface area (Å²) in [4.78, 5) is 2.63. The van der Waals surface area contributed by atoms with E-state index in [2.05, 4.69) is 17.5 Å². The van der Waals surface area contributed by atoms with Crippen molar-refractivity contribution in [2.45, 2.75) is 25.3 Å². The summed E-state index contributed by atoms with van der Waals surface area (Å²) in [6.07, 6.45) is 3.29. The zero-order valence-corrected chi connectivity index (χ0v) is 11.2. The fourth-order valence-electron chi connectivity index (χ4n) is 1.62. The predicted molar refractivity (Wildman–Crippen MR) is 73.5 cm³/mol. The lowest BCUT2D eigenvalue weighted by molar-refractivity contribution is 0.622. The highest BCUT2D eigenvalue weighted by Crippen LogP contribution is 2.28. The molecule has 0 radical (unpaired) electrons. The summed E-state index contributed by atoms with van der Waals surface area (Å²) in [5.74, 6) is 0. The lowest BCUT2D eigenvalue weighted by Crippen LogP contribution is -2.08. The van der Waals surface area contributed by atoms with Crippen LogP contribution in [0.2, 0.25) is 4.34 Å². The van der Waals surface area contributed by atoms with Gasteiger partial charge in [0.15, 0.2) is 0 Å². The normalized spacial score (nSPS) is 12.9. The molecule has 2 aromatic heterocycles. The fraction of sp³-hybridized carbons (Fsp3) is 0.333. The van der Waals surface area contributed by atoms with Gasteiger partial charge in [0.1, 0.15) is 0 Å². The Morgan fingerprint density at radius 3 is 2.81 bits per heavy atom. The zero-order valence-electron chi connectivity index (χ0n) is 8.86. The number of halogens is 1. The molecule has 0 saturated heterocycles. The van der Waals surface area contributed by atoms with Gasteiger partial charge < -0.3 is 5.73 Å². The minimum Gasteiger partial charge on any atom is -0.323 e. The summed E-state index contributed by atoms with van der Waals surface area (Å²) in [6, 6.07) is 8.36. The molecule has 1 unspecified atom stereocenters. The van der Waals surface area contributed by atoms with E-state index in [9.17, 15) is 0 Å². The number of hydrogen-bond donors (Lipinski definition) is 1. The molecule has 1 atom stereocenters. The summed E-state index contributed by atoms with van der Waals surface area (Å²) in [5, 5.41) is 2.12. The van der Waals surface area contributed by atoms with Crippen molar-refractivity contribution in [3.63, 3.8) is 0 Å². The van der Waals surface area contributed by atoms with E-state index in [1.54, 1.807) is 11.3 Å². The fourth-order valence-corrected chi connectivity index (χ4v) is 3.47. The Kier molecular flexibility index (Phi) is 4.41. The Bertz CT molecular complexity index is 422. The molecular formula is C12H14ClNS2. The van der Waals surface area contributed by atoms with Crippen molar-refractivity contribution in [2.24, 2.45) is 5.73 Å². The van der Waals surface area contributed by atoms with Crippen LogP contribution in [-0.2, 0) is 6.42 Å². The van der Waals surface area contributed by atoms with Crippen LogP contribution in [0, 0.1) is 0 Å². The third-order valence-electron chi connectivity index (χ3n) is 2.48. The van der Waals surface area contributed by atoms with Crippen molar-refractivity contribution in [3.05, 3.63) is 43.7 Å². The molecule has 0 spiro atoms. The Hall–Kier alpha value is -0.350.